The molecule has 0 amide bonds. The molecule has 0 bridgehead atoms. The Morgan fingerprint density at radius 2 is 2.00 bits per heavy atom. The van der Waals surface area contributed by atoms with Crippen molar-refractivity contribution in [1.29, 1.82) is 0 Å². The average molecular weight is 240 g/mol. The number of hydrogen-bond donors (Lipinski definition) is 1. The maximum atomic E-state index is 3.38. The first-order valence-electron chi connectivity index (χ1n) is 6.73. The molecule has 0 spiro atoms. The van der Waals surface area contributed by atoms with Crippen LogP contribution in [-0.4, -0.2) is 31.1 Å². The number of likely N-dealkylation sites (tertiary alicyclic amines) is 1. The van der Waals surface area contributed by atoms with Crippen LogP contribution in [0.3, 0.4) is 0 Å². The van der Waals surface area contributed by atoms with Crippen molar-refractivity contribution >= 4 is 10.8 Å². The van der Waals surface area contributed by atoms with Gasteiger partial charge in [-0.2, -0.15) is 0 Å². The first-order valence-corrected chi connectivity index (χ1v) is 6.73. The molecule has 1 unspecified atom stereocenters. The van der Waals surface area contributed by atoms with Crippen LogP contribution in [0.1, 0.15) is 12.0 Å². The van der Waals surface area contributed by atoms with Gasteiger partial charge in [-0.1, -0.05) is 42.5 Å². The van der Waals surface area contributed by atoms with E-state index in [1.54, 1.807) is 0 Å². The Kier molecular flexibility index (Phi) is 3.31. The van der Waals surface area contributed by atoms with Gasteiger partial charge in [0, 0.05) is 25.7 Å². The highest BCUT2D eigenvalue weighted by molar-refractivity contribution is 5.85. The van der Waals surface area contributed by atoms with Gasteiger partial charge in [-0.3, -0.25) is 4.90 Å². The molecule has 3 rings (SSSR count). The van der Waals surface area contributed by atoms with Crippen molar-refractivity contribution in [2.24, 2.45) is 0 Å². The van der Waals surface area contributed by atoms with Gasteiger partial charge in [-0.05, 0) is 29.8 Å². The SMILES string of the molecule is CNC1CCN(Cc2cccc3ccccc23)C1. The van der Waals surface area contributed by atoms with Crippen LogP contribution in [0.2, 0.25) is 0 Å². The Hall–Kier alpha value is -1.38. The van der Waals surface area contributed by atoms with E-state index in [2.05, 4.69) is 59.7 Å². The van der Waals surface area contributed by atoms with Crippen LogP contribution in [0.25, 0.3) is 10.8 Å². The monoisotopic (exact) mass is 240 g/mol. The maximum Gasteiger partial charge on any atom is 0.0240 e. The zero-order valence-corrected chi connectivity index (χ0v) is 10.9. The summed E-state index contributed by atoms with van der Waals surface area (Å²) in [5.74, 6) is 0. The van der Waals surface area contributed by atoms with Crippen molar-refractivity contribution in [3.8, 4) is 0 Å². The molecule has 0 radical (unpaired) electrons. The van der Waals surface area contributed by atoms with Crippen LogP contribution in [0, 0.1) is 0 Å². The molecule has 1 saturated heterocycles. The van der Waals surface area contributed by atoms with Gasteiger partial charge in [0.15, 0.2) is 0 Å². The lowest BCUT2D eigenvalue weighted by molar-refractivity contribution is 0.323. The molecule has 1 fully saturated rings. The molecule has 1 heterocycles. The average Bonchev–Trinajstić information content (AvgIpc) is 2.87. The predicted octanol–water partition coefficient (Wildman–Crippen LogP) is 2.63. The standard InChI is InChI=1S/C16H20N2/c1-17-15-9-10-18(12-15)11-14-7-4-6-13-5-2-3-8-16(13)14/h2-8,15,17H,9-12H2,1H3. The molecular formula is C16H20N2. The number of hydrogen-bond acceptors (Lipinski definition) is 2. The van der Waals surface area contributed by atoms with Gasteiger partial charge in [0.2, 0.25) is 0 Å². The van der Waals surface area contributed by atoms with Crippen molar-refractivity contribution in [3.05, 3.63) is 48.0 Å². The number of rotatable bonds is 3. The molecule has 2 nitrogen and oxygen atoms in total. The number of likely N-dealkylation sites (N-methyl/N-ethyl adjacent to an activating group) is 1. The highest BCUT2D eigenvalue weighted by Gasteiger charge is 2.20. The van der Waals surface area contributed by atoms with E-state index in [9.17, 15) is 0 Å². The zero-order chi connectivity index (χ0) is 12.4. The smallest absolute Gasteiger partial charge is 0.0240 e. The van der Waals surface area contributed by atoms with Gasteiger partial charge >= 0.3 is 0 Å². The molecule has 0 aliphatic carbocycles. The van der Waals surface area contributed by atoms with Crippen molar-refractivity contribution in [2.45, 2.75) is 19.0 Å². The molecular weight excluding hydrogens is 220 g/mol. The second-order valence-electron chi connectivity index (χ2n) is 5.15. The summed E-state index contributed by atoms with van der Waals surface area (Å²) in [7, 11) is 2.06. The molecule has 1 N–H and O–H groups in total. The molecule has 94 valence electrons. The van der Waals surface area contributed by atoms with Gasteiger partial charge < -0.3 is 5.32 Å². The summed E-state index contributed by atoms with van der Waals surface area (Å²) in [5, 5.41) is 6.12. The van der Waals surface area contributed by atoms with Gasteiger partial charge in [-0.25, -0.2) is 0 Å². The van der Waals surface area contributed by atoms with Crippen LogP contribution < -0.4 is 5.32 Å². The van der Waals surface area contributed by atoms with Gasteiger partial charge in [0.25, 0.3) is 0 Å². The zero-order valence-electron chi connectivity index (χ0n) is 10.9. The van der Waals surface area contributed by atoms with Crippen LogP contribution in [0.15, 0.2) is 42.5 Å². The fraction of sp³-hybridized carbons (Fsp3) is 0.375. The lowest BCUT2D eigenvalue weighted by Gasteiger charge is -2.17. The quantitative estimate of drug-likeness (QED) is 0.887. The van der Waals surface area contributed by atoms with E-state index in [1.165, 1.54) is 35.8 Å². The Morgan fingerprint density at radius 3 is 2.83 bits per heavy atom. The van der Waals surface area contributed by atoms with Gasteiger partial charge in [0.05, 0.1) is 0 Å². The van der Waals surface area contributed by atoms with E-state index >= 15 is 0 Å². The highest BCUT2D eigenvalue weighted by Crippen LogP contribution is 2.21. The summed E-state index contributed by atoms with van der Waals surface area (Å²) < 4.78 is 0. The van der Waals surface area contributed by atoms with Crippen LogP contribution >= 0.6 is 0 Å². The van der Waals surface area contributed by atoms with Crippen LogP contribution in [-0.2, 0) is 6.54 Å². The third-order valence-corrected chi connectivity index (χ3v) is 3.95. The lowest BCUT2D eigenvalue weighted by atomic mass is 10.0. The van der Waals surface area contributed by atoms with Crippen molar-refractivity contribution in [3.63, 3.8) is 0 Å². The fourth-order valence-electron chi connectivity index (χ4n) is 2.88. The third kappa shape index (κ3) is 2.26. The van der Waals surface area contributed by atoms with Gasteiger partial charge in [-0.15, -0.1) is 0 Å². The first kappa shape index (κ1) is 11.7. The Morgan fingerprint density at radius 1 is 1.17 bits per heavy atom. The first-order chi connectivity index (χ1) is 8.86. The molecule has 0 aromatic heterocycles. The van der Waals surface area contributed by atoms with E-state index in [4.69, 9.17) is 0 Å². The fourth-order valence-corrected chi connectivity index (χ4v) is 2.88. The molecule has 2 heteroatoms. The van der Waals surface area contributed by atoms with E-state index in [1.807, 2.05) is 0 Å². The Labute approximate surface area is 109 Å². The van der Waals surface area contributed by atoms with Crippen molar-refractivity contribution in [1.82, 2.24) is 10.2 Å². The predicted molar refractivity (Wildman–Crippen MR) is 76.7 cm³/mol. The largest absolute Gasteiger partial charge is 0.316 e. The maximum absolute atomic E-state index is 3.38. The van der Waals surface area contributed by atoms with E-state index in [0.717, 1.165) is 6.54 Å². The second-order valence-corrected chi connectivity index (χ2v) is 5.15. The molecule has 2 aromatic carbocycles. The topological polar surface area (TPSA) is 15.3 Å². The minimum absolute atomic E-state index is 0.667. The lowest BCUT2D eigenvalue weighted by Crippen LogP contribution is -2.29. The summed E-state index contributed by atoms with van der Waals surface area (Å²) in [6, 6.07) is 16.0. The minimum atomic E-state index is 0.667. The van der Waals surface area contributed by atoms with E-state index in [-0.39, 0.29) is 0 Å². The van der Waals surface area contributed by atoms with E-state index < -0.39 is 0 Å². The molecule has 18 heavy (non-hydrogen) atoms. The summed E-state index contributed by atoms with van der Waals surface area (Å²) in [5.41, 5.74) is 1.45. The molecule has 1 aliphatic rings. The summed E-state index contributed by atoms with van der Waals surface area (Å²) in [6.45, 7) is 3.44. The Bertz CT molecular complexity index is 530. The number of benzene rings is 2. The normalized spacial score (nSPS) is 20.6. The summed E-state index contributed by atoms with van der Waals surface area (Å²) in [6.07, 6.45) is 1.27. The molecule has 2 aromatic rings. The minimum Gasteiger partial charge on any atom is -0.316 e. The highest BCUT2D eigenvalue weighted by atomic mass is 15.2. The Balaban J connectivity index is 1.83. The summed E-state index contributed by atoms with van der Waals surface area (Å²) in [4.78, 5) is 2.54. The number of nitrogens with one attached hydrogen (secondary N) is 1. The van der Waals surface area contributed by atoms with Crippen LogP contribution in [0.4, 0.5) is 0 Å². The third-order valence-electron chi connectivity index (χ3n) is 3.95. The molecule has 1 atom stereocenters. The van der Waals surface area contributed by atoms with Crippen molar-refractivity contribution < 1.29 is 0 Å². The second kappa shape index (κ2) is 5.09. The van der Waals surface area contributed by atoms with Crippen LogP contribution in [0.5, 0.6) is 0 Å². The van der Waals surface area contributed by atoms with Crippen molar-refractivity contribution in [2.75, 3.05) is 20.1 Å². The number of nitrogens with zero attached hydrogens (tertiary/aromatic N) is 1. The number of fused-ring (bicyclic) bond motifs is 1. The molecule has 1 aliphatic heterocycles. The van der Waals surface area contributed by atoms with Gasteiger partial charge in [0.1, 0.15) is 0 Å². The molecule has 0 saturated carbocycles. The van der Waals surface area contributed by atoms with E-state index in [0.29, 0.717) is 6.04 Å². The summed E-state index contributed by atoms with van der Waals surface area (Å²) >= 11 is 0.